The van der Waals surface area contributed by atoms with Gasteiger partial charge in [0, 0.05) is 0 Å². The van der Waals surface area contributed by atoms with Gasteiger partial charge in [-0.25, -0.2) is 0 Å². The summed E-state index contributed by atoms with van der Waals surface area (Å²) >= 11 is 1.28. The molecule has 4 heteroatoms. The molecule has 1 radical (unpaired) electrons. The topological polar surface area (TPSA) is 35.0 Å². The molecule has 0 bridgehead atoms. The van der Waals surface area contributed by atoms with Crippen LogP contribution < -0.4 is 4.74 Å². The lowest BCUT2D eigenvalue weighted by atomic mass is 10.9. The van der Waals surface area contributed by atoms with Gasteiger partial charge in [0.2, 0.25) is 0 Å². The van der Waals surface area contributed by atoms with Crippen LogP contribution in [-0.4, -0.2) is 16.8 Å². The van der Waals surface area contributed by atoms with Gasteiger partial charge in [-0.3, -0.25) is 0 Å². The van der Waals surface area contributed by atoms with Crippen LogP contribution in [0.5, 0.6) is 5.19 Å². The first-order chi connectivity index (χ1) is 3.93. The molecule has 0 saturated heterocycles. The summed E-state index contributed by atoms with van der Waals surface area (Å²) < 4.78 is 4.96. The summed E-state index contributed by atoms with van der Waals surface area (Å²) in [6.45, 7) is 2.55. The molecule has 1 aromatic rings. The van der Waals surface area contributed by atoms with Gasteiger partial charge in [-0.1, -0.05) is 16.4 Å². The van der Waals surface area contributed by atoms with E-state index in [2.05, 4.69) is 15.7 Å². The second-order valence-corrected chi connectivity index (χ2v) is 1.83. The number of hydrogen-bond donors (Lipinski definition) is 0. The van der Waals surface area contributed by atoms with Crippen molar-refractivity contribution in [2.45, 2.75) is 6.92 Å². The molecule has 0 saturated carbocycles. The molecule has 0 unspecified atom stereocenters. The molecule has 0 N–H and O–H groups in total. The first kappa shape index (κ1) is 5.50. The Kier molecular flexibility index (Phi) is 1.80. The Bertz CT molecular complexity index is 140. The predicted octanol–water partition coefficient (Wildman–Crippen LogP) is 0.737. The number of ether oxygens (including phenoxy) is 1. The number of rotatable bonds is 2. The average Bonchev–Trinajstić information content (AvgIpc) is 2.19. The minimum Gasteiger partial charge on any atom is -0.469 e. The predicted molar refractivity (Wildman–Crippen MR) is 29.9 cm³/mol. The molecule has 0 spiro atoms. The fourth-order valence-corrected chi connectivity index (χ4v) is 0.741. The van der Waals surface area contributed by atoms with Gasteiger partial charge in [0.15, 0.2) is 5.51 Å². The van der Waals surface area contributed by atoms with E-state index in [1.807, 2.05) is 6.92 Å². The van der Waals surface area contributed by atoms with Crippen LogP contribution in [0.15, 0.2) is 0 Å². The van der Waals surface area contributed by atoms with Crippen molar-refractivity contribution in [1.29, 1.82) is 0 Å². The van der Waals surface area contributed by atoms with Crippen LogP contribution in [0, 0.1) is 5.51 Å². The van der Waals surface area contributed by atoms with E-state index >= 15 is 0 Å². The Morgan fingerprint density at radius 3 is 3.25 bits per heavy atom. The Morgan fingerprint density at radius 1 is 1.88 bits per heavy atom. The van der Waals surface area contributed by atoms with E-state index < -0.39 is 0 Å². The van der Waals surface area contributed by atoms with Gasteiger partial charge >= 0.3 is 0 Å². The van der Waals surface area contributed by atoms with Gasteiger partial charge in [-0.2, -0.15) is 0 Å². The van der Waals surface area contributed by atoms with E-state index in [1.54, 1.807) is 0 Å². The molecule has 0 aromatic carbocycles. The van der Waals surface area contributed by atoms with Crippen LogP contribution in [-0.2, 0) is 0 Å². The first-order valence-electron chi connectivity index (χ1n) is 2.26. The lowest BCUT2D eigenvalue weighted by Gasteiger charge is -1.90. The second kappa shape index (κ2) is 2.61. The molecule has 0 fully saturated rings. The summed E-state index contributed by atoms with van der Waals surface area (Å²) in [7, 11) is 0. The summed E-state index contributed by atoms with van der Waals surface area (Å²) in [5.41, 5.74) is 2.57. The molecule has 0 aliphatic heterocycles. The summed E-state index contributed by atoms with van der Waals surface area (Å²) in [5.74, 6) is 0. The Morgan fingerprint density at radius 2 is 2.75 bits per heavy atom. The molecule has 0 aliphatic carbocycles. The molecule has 43 valence electrons. The van der Waals surface area contributed by atoms with E-state index in [-0.39, 0.29) is 0 Å². The standard InChI is InChI=1S/C4H5N2OS/c1-2-7-4-6-5-3-8-4/h2H2,1H3. The molecule has 8 heavy (non-hydrogen) atoms. The fourth-order valence-electron chi connectivity index (χ4n) is 0.323. The molecule has 0 amide bonds. The first-order valence-corrected chi connectivity index (χ1v) is 3.07. The molecule has 3 nitrogen and oxygen atoms in total. The molecule has 0 atom stereocenters. The SMILES string of the molecule is CCOc1nn[c]s1. The third kappa shape index (κ3) is 1.16. The van der Waals surface area contributed by atoms with Crippen molar-refractivity contribution < 1.29 is 4.74 Å². The Hall–Kier alpha value is -0.640. The zero-order chi connectivity index (χ0) is 5.82. The maximum atomic E-state index is 4.96. The van der Waals surface area contributed by atoms with Crippen LogP contribution in [0.2, 0.25) is 0 Å². The highest BCUT2D eigenvalue weighted by Crippen LogP contribution is 2.09. The van der Waals surface area contributed by atoms with Crippen LogP contribution in [0.1, 0.15) is 6.92 Å². The highest BCUT2D eigenvalue weighted by Gasteiger charge is 1.91. The van der Waals surface area contributed by atoms with E-state index in [0.29, 0.717) is 11.8 Å². The van der Waals surface area contributed by atoms with Crippen LogP contribution >= 0.6 is 11.3 Å². The highest BCUT2D eigenvalue weighted by molar-refractivity contribution is 7.10. The van der Waals surface area contributed by atoms with E-state index in [0.717, 1.165) is 0 Å². The van der Waals surface area contributed by atoms with Gasteiger partial charge in [0.05, 0.1) is 6.61 Å². The smallest absolute Gasteiger partial charge is 0.294 e. The lowest BCUT2D eigenvalue weighted by molar-refractivity contribution is 0.335. The number of nitrogens with zero attached hydrogens (tertiary/aromatic N) is 2. The summed E-state index contributed by atoms with van der Waals surface area (Å²) in [5, 5.41) is 7.65. The molecular formula is C4H5N2OS. The normalized spacial score (nSPS) is 9.12. The molecular weight excluding hydrogens is 124 g/mol. The van der Waals surface area contributed by atoms with Gasteiger partial charge in [0.1, 0.15) is 0 Å². The summed E-state index contributed by atoms with van der Waals surface area (Å²) in [4.78, 5) is 0. The average molecular weight is 129 g/mol. The van der Waals surface area contributed by atoms with Gasteiger partial charge in [-0.05, 0) is 6.92 Å². The van der Waals surface area contributed by atoms with Crippen molar-refractivity contribution in [1.82, 2.24) is 10.2 Å². The Balaban J connectivity index is 2.50. The molecule has 0 aliphatic rings. The maximum absolute atomic E-state index is 4.96. The van der Waals surface area contributed by atoms with Gasteiger partial charge in [-0.15, -0.1) is 5.10 Å². The third-order valence-corrected chi connectivity index (χ3v) is 1.12. The summed E-state index contributed by atoms with van der Waals surface area (Å²) in [6.07, 6.45) is 0. The van der Waals surface area contributed by atoms with Crippen molar-refractivity contribution in [3.8, 4) is 5.19 Å². The van der Waals surface area contributed by atoms with E-state index in [9.17, 15) is 0 Å². The Labute approximate surface area is 51.3 Å². The van der Waals surface area contributed by atoms with Gasteiger partial charge < -0.3 is 4.74 Å². The van der Waals surface area contributed by atoms with Crippen molar-refractivity contribution in [3.63, 3.8) is 0 Å². The quantitative estimate of drug-likeness (QED) is 0.590. The van der Waals surface area contributed by atoms with Crippen LogP contribution in [0.4, 0.5) is 0 Å². The second-order valence-electron chi connectivity index (χ2n) is 1.09. The van der Waals surface area contributed by atoms with Crippen molar-refractivity contribution in [3.05, 3.63) is 5.51 Å². The van der Waals surface area contributed by atoms with E-state index in [4.69, 9.17) is 4.74 Å². The third-order valence-electron chi connectivity index (χ3n) is 0.573. The zero-order valence-electron chi connectivity index (χ0n) is 4.42. The monoisotopic (exact) mass is 129 g/mol. The zero-order valence-corrected chi connectivity index (χ0v) is 5.23. The molecule has 1 aromatic heterocycles. The van der Waals surface area contributed by atoms with Crippen molar-refractivity contribution in [2.24, 2.45) is 0 Å². The van der Waals surface area contributed by atoms with Crippen LogP contribution in [0.3, 0.4) is 0 Å². The number of hydrogen-bond acceptors (Lipinski definition) is 4. The minimum absolute atomic E-state index is 0.590. The van der Waals surface area contributed by atoms with Crippen LogP contribution in [0.25, 0.3) is 0 Å². The molecule has 1 rings (SSSR count). The van der Waals surface area contributed by atoms with E-state index in [1.165, 1.54) is 11.3 Å². The maximum Gasteiger partial charge on any atom is 0.294 e. The lowest BCUT2D eigenvalue weighted by Crippen LogP contribution is -1.89. The number of aromatic nitrogens is 2. The fraction of sp³-hybridized carbons (Fsp3) is 0.500. The van der Waals surface area contributed by atoms with Gasteiger partial charge in [0.25, 0.3) is 5.19 Å². The highest BCUT2D eigenvalue weighted by atomic mass is 32.1. The summed E-state index contributed by atoms with van der Waals surface area (Å²) in [6, 6.07) is 0. The minimum atomic E-state index is 0.590. The van der Waals surface area contributed by atoms with Crippen molar-refractivity contribution in [2.75, 3.05) is 6.61 Å². The largest absolute Gasteiger partial charge is 0.469 e. The molecule has 1 heterocycles. The van der Waals surface area contributed by atoms with Crippen molar-refractivity contribution >= 4 is 11.3 Å².